The van der Waals surface area contributed by atoms with E-state index in [2.05, 4.69) is 5.32 Å². The summed E-state index contributed by atoms with van der Waals surface area (Å²) >= 11 is 6.04. The Morgan fingerprint density at radius 2 is 2.12 bits per heavy atom. The second kappa shape index (κ2) is 7.40. The molecular formula is C17H15ClFNO4. The van der Waals surface area contributed by atoms with Crippen molar-refractivity contribution in [3.05, 3.63) is 52.8 Å². The first-order chi connectivity index (χ1) is 11.6. The average Bonchev–Trinajstić information content (AvgIpc) is 3.05. The van der Waals surface area contributed by atoms with Crippen LogP contribution in [0.1, 0.15) is 16.8 Å². The van der Waals surface area contributed by atoms with E-state index in [1.807, 2.05) is 0 Å². The summed E-state index contributed by atoms with van der Waals surface area (Å²) in [5.41, 5.74) is 0.388. The zero-order valence-corrected chi connectivity index (χ0v) is 13.4. The first-order valence-corrected chi connectivity index (χ1v) is 7.77. The zero-order chi connectivity index (χ0) is 16.9. The molecular weight excluding hydrogens is 337 g/mol. The largest absolute Gasteiger partial charge is 0.490 e. The van der Waals surface area contributed by atoms with Gasteiger partial charge in [0.25, 0.3) is 5.91 Å². The molecule has 1 aliphatic rings. The monoisotopic (exact) mass is 351 g/mol. The maximum Gasteiger partial charge on any atom is 0.251 e. The SMILES string of the molecule is O=C(NCCCOc1ccccc1F)c1cc(Cl)c2c(c1)OCO2. The number of hydrogen-bond acceptors (Lipinski definition) is 4. The Morgan fingerprint density at radius 1 is 1.29 bits per heavy atom. The Hall–Kier alpha value is -2.47. The second-order valence-corrected chi connectivity index (χ2v) is 5.49. The first kappa shape index (κ1) is 16.4. The van der Waals surface area contributed by atoms with Crippen LogP contribution in [-0.2, 0) is 0 Å². The van der Waals surface area contributed by atoms with Crippen molar-refractivity contribution in [3.8, 4) is 17.2 Å². The molecule has 0 saturated heterocycles. The van der Waals surface area contributed by atoms with Gasteiger partial charge in [-0.2, -0.15) is 0 Å². The molecule has 0 fully saturated rings. The molecule has 0 atom stereocenters. The molecule has 0 unspecified atom stereocenters. The lowest BCUT2D eigenvalue weighted by molar-refractivity contribution is 0.0951. The van der Waals surface area contributed by atoms with Gasteiger partial charge in [0, 0.05) is 12.1 Å². The van der Waals surface area contributed by atoms with E-state index in [1.54, 1.807) is 24.3 Å². The number of rotatable bonds is 6. The van der Waals surface area contributed by atoms with Gasteiger partial charge in [0.15, 0.2) is 23.1 Å². The highest BCUT2D eigenvalue weighted by Gasteiger charge is 2.20. The molecule has 0 spiro atoms. The van der Waals surface area contributed by atoms with E-state index < -0.39 is 5.82 Å². The van der Waals surface area contributed by atoms with Gasteiger partial charge in [-0.15, -0.1) is 0 Å². The lowest BCUT2D eigenvalue weighted by Crippen LogP contribution is -2.25. The molecule has 0 saturated carbocycles. The number of carbonyl (C=O) groups excluding carboxylic acids is 1. The fraction of sp³-hybridized carbons (Fsp3) is 0.235. The Morgan fingerprint density at radius 3 is 2.96 bits per heavy atom. The number of carbonyl (C=O) groups is 1. The normalized spacial score (nSPS) is 12.1. The Bertz CT molecular complexity index is 753. The van der Waals surface area contributed by atoms with Crippen molar-refractivity contribution >= 4 is 17.5 Å². The third-order valence-electron chi connectivity index (χ3n) is 3.39. The number of nitrogens with one attached hydrogen (secondary N) is 1. The third kappa shape index (κ3) is 3.71. The predicted molar refractivity (Wildman–Crippen MR) is 86.4 cm³/mol. The van der Waals surface area contributed by atoms with Crippen LogP contribution >= 0.6 is 11.6 Å². The van der Waals surface area contributed by atoms with Gasteiger partial charge in [-0.05, 0) is 30.7 Å². The molecule has 0 radical (unpaired) electrons. The summed E-state index contributed by atoms with van der Waals surface area (Å²) in [5, 5.41) is 3.08. The quantitative estimate of drug-likeness (QED) is 0.810. The standard InChI is InChI=1S/C17H15ClFNO4/c18-12-8-11(9-15-16(12)24-10-23-15)17(21)20-6-3-7-22-14-5-2-1-4-13(14)19/h1-2,4-5,8-9H,3,6-7,10H2,(H,20,21). The molecule has 0 aliphatic carbocycles. The van der Waals surface area contributed by atoms with Crippen molar-refractivity contribution in [1.29, 1.82) is 0 Å². The van der Waals surface area contributed by atoms with E-state index in [0.717, 1.165) is 0 Å². The highest BCUT2D eigenvalue weighted by molar-refractivity contribution is 6.32. The van der Waals surface area contributed by atoms with Crippen molar-refractivity contribution in [2.45, 2.75) is 6.42 Å². The van der Waals surface area contributed by atoms with E-state index >= 15 is 0 Å². The van der Waals surface area contributed by atoms with Crippen LogP contribution in [0.25, 0.3) is 0 Å². The number of benzene rings is 2. The fourth-order valence-corrected chi connectivity index (χ4v) is 2.48. The molecule has 1 N–H and O–H groups in total. The summed E-state index contributed by atoms with van der Waals surface area (Å²) < 4.78 is 29.1. The predicted octanol–water partition coefficient (Wildman–Crippen LogP) is 3.41. The van der Waals surface area contributed by atoms with Crippen LogP contribution in [0.3, 0.4) is 0 Å². The van der Waals surface area contributed by atoms with Gasteiger partial charge in [-0.1, -0.05) is 23.7 Å². The third-order valence-corrected chi connectivity index (χ3v) is 3.67. The van der Waals surface area contributed by atoms with E-state index in [0.29, 0.717) is 41.7 Å². The number of fused-ring (bicyclic) bond motifs is 1. The number of halogens is 2. The summed E-state index contributed by atoms with van der Waals surface area (Å²) in [5.74, 6) is 0.422. The number of ether oxygens (including phenoxy) is 3. The summed E-state index contributed by atoms with van der Waals surface area (Å²) in [6.45, 7) is 0.774. The minimum absolute atomic E-state index is 0.0908. The molecule has 2 aromatic rings. The molecule has 2 aromatic carbocycles. The average molecular weight is 352 g/mol. The number of amides is 1. The van der Waals surface area contributed by atoms with Gasteiger partial charge in [0.2, 0.25) is 6.79 Å². The molecule has 24 heavy (non-hydrogen) atoms. The lowest BCUT2D eigenvalue weighted by Gasteiger charge is -2.09. The minimum atomic E-state index is -0.406. The zero-order valence-electron chi connectivity index (χ0n) is 12.7. The first-order valence-electron chi connectivity index (χ1n) is 7.40. The van der Waals surface area contributed by atoms with E-state index in [4.69, 9.17) is 25.8 Å². The molecule has 0 bridgehead atoms. The van der Waals surface area contributed by atoms with Gasteiger partial charge >= 0.3 is 0 Å². The fourth-order valence-electron chi connectivity index (χ4n) is 2.22. The minimum Gasteiger partial charge on any atom is -0.490 e. The Labute approximate surface area is 143 Å². The van der Waals surface area contributed by atoms with Crippen molar-refractivity contribution in [2.24, 2.45) is 0 Å². The van der Waals surface area contributed by atoms with Crippen molar-refractivity contribution in [2.75, 3.05) is 19.9 Å². The summed E-state index contributed by atoms with van der Waals surface area (Å²) in [4.78, 5) is 12.1. The topological polar surface area (TPSA) is 56.8 Å². The van der Waals surface area contributed by atoms with Gasteiger partial charge < -0.3 is 19.5 Å². The maximum atomic E-state index is 13.4. The summed E-state index contributed by atoms with van der Waals surface area (Å²) in [6.07, 6.45) is 0.540. The number of para-hydroxylation sites is 1. The highest BCUT2D eigenvalue weighted by atomic mass is 35.5. The van der Waals surface area contributed by atoms with E-state index in [9.17, 15) is 9.18 Å². The van der Waals surface area contributed by atoms with E-state index in [1.165, 1.54) is 12.1 Å². The van der Waals surface area contributed by atoms with Gasteiger partial charge in [-0.3, -0.25) is 4.79 Å². The lowest BCUT2D eigenvalue weighted by atomic mass is 10.2. The van der Waals surface area contributed by atoms with Crippen LogP contribution in [0.2, 0.25) is 5.02 Å². The molecule has 1 amide bonds. The van der Waals surface area contributed by atoms with Gasteiger partial charge in [0.05, 0.1) is 11.6 Å². The molecule has 1 aliphatic heterocycles. The molecule has 3 rings (SSSR count). The van der Waals surface area contributed by atoms with Crippen LogP contribution in [0.4, 0.5) is 4.39 Å². The maximum absolute atomic E-state index is 13.4. The molecule has 1 heterocycles. The van der Waals surface area contributed by atoms with Crippen LogP contribution < -0.4 is 19.5 Å². The van der Waals surface area contributed by atoms with Gasteiger partial charge in [0.1, 0.15) is 0 Å². The van der Waals surface area contributed by atoms with Crippen LogP contribution in [0, 0.1) is 5.82 Å². The molecule has 126 valence electrons. The van der Waals surface area contributed by atoms with Gasteiger partial charge in [-0.25, -0.2) is 4.39 Å². The summed E-state index contributed by atoms with van der Waals surface area (Å²) in [7, 11) is 0. The molecule has 0 aromatic heterocycles. The van der Waals surface area contributed by atoms with Crippen LogP contribution in [0.15, 0.2) is 36.4 Å². The van der Waals surface area contributed by atoms with Crippen LogP contribution in [0.5, 0.6) is 17.2 Å². The van der Waals surface area contributed by atoms with Crippen molar-refractivity contribution in [1.82, 2.24) is 5.32 Å². The molecule has 7 heteroatoms. The Kier molecular flexibility index (Phi) is 5.05. The summed E-state index contributed by atoms with van der Waals surface area (Å²) in [6, 6.07) is 9.30. The Balaban J connectivity index is 1.46. The molecule has 5 nitrogen and oxygen atoms in total. The van der Waals surface area contributed by atoms with Crippen LogP contribution in [-0.4, -0.2) is 25.9 Å². The van der Waals surface area contributed by atoms with Crippen molar-refractivity contribution in [3.63, 3.8) is 0 Å². The number of hydrogen-bond donors (Lipinski definition) is 1. The highest BCUT2D eigenvalue weighted by Crippen LogP contribution is 2.39. The smallest absolute Gasteiger partial charge is 0.251 e. The second-order valence-electron chi connectivity index (χ2n) is 5.08. The van der Waals surface area contributed by atoms with Crippen molar-refractivity contribution < 1.29 is 23.4 Å². The van der Waals surface area contributed by atoms with E-state index in [-0.39, 0.29) is 18.4 Å².